The van der Waals surface area contributed by atoms with Crippen molar-refractivity contribution in [1.82, 2.24) is 14.1 Å². The Hall–Kier alpha value is -0.590. The first-order valence-electron chi connectivity index (χ1n) is 7.12. The molecule has 0 N–H and O–H groups in total. The van der Waals surface area contributed by atoms with E-state index < -0.39 is 10.0 Å². The predicted molar refractivity (Wildman–Crippen MR) is 79.3 cm³/mol. The molecule has 1 aromatic heterocycles. The molecular weight excluding hydrogens is 298 g/mol. The van der Waals surface area contributed by atoms with Crippen molar-refractivity contribution in [3.63, 3.8) is 0 Å². The fourth-order valence-corrected chi connectivity index (χ4v) is 4.02. The van der Waals surface area contributed by atoms with E-state index in [4.69, 9.17) is 11.6 Å². The van der Waals surface area contributed by atoms with Crippen molar-refractivity contribution in [3.05, 3.63) is 12.4 Å². The lowest BCUT2D eigenvalue weighted by molar-refractivity contribution is 0.416. The van der Waals surface area contributed by atoms with Crippen LogP contribution in [-0.4, -0.2) is 41.5 Å². The van der Waals surface area contributed by atoms with Crippen molar-refractivity contribution in [3.8, 4) is 0 Å². The van der Waals surface area contributed by atoms with Crippen LogP contribution < -0.4 is 0 Å². The van der Waals surface area contributed by atoms with Crippen LogP contribution in [0, 0.1) is 5.92 Å². The summed E-state index contributed by atoms with van der Waals surface area (Å²) >= 11 is 5.63. The van der Waals surface area contributed by atoms with E-state index in [-0.39, 0.29) is 0 Å². The Morgan fingerprint density at radius 1 is 1.40 bits per heavy atom. The Labute approximate surface area is 126 Å². The van der Waals surface area contributed by atoms with Gasteiger partial charge in [0.25, 0.3) is 0 Å². The Morgan fingerprint density at radius 3 is 2.95 bits per heavy atom. The molecule has 1 aliphatic heterocycles. The van der Waals surface area contributed by atoms with Gasteiger partial charge in [0.05, 0.1) is 6.20 Å². The summed E-state index contributed by atoms with van der Waals surface area (Å²) in [6.45, 7) is 4.05. The molecule has 1 atom stereocenters. The van der Waals surface area contributed by atoms with E-state index in [1.165, 1.54) is 6.20 Å². The second kappa shape index (κ2) is 6.91. The third kappa shape index (κ3) is 3.74. The summed E-state index contributed by atoms with van der Waals surface area (Å²) in [5.74, 6) is 1.15. The van der Waals surface area contributed by atoms with Crippen LogP contribution in [0.3, 0.4) is 0 Å². The molecule has 5 nitrogen and oxygen atoms in total. The lowest BCUT2D eigenvalue weighted by atomic mass is 10.0. The van der Waals surface area contributed by atoms with E-state index in [1.54, 1.807) is 15.2 Å². The van der Waals surface area contributed by atoms with Crippen LogP contribution >= 0.6 is 11.6 Å². The number of aryl methyl sites for hydroxylation is 1. The molecule has 20 heavy (non-hydrogen) atoms. The molecule has 2 rings (SSSR count). The van der Waals surface area contributed by atoms with E-state index in [1.807, 2.05) is 0 Å². The summed E-state index contributed by atoms with van der Waals surface area (Å²) in [6, 6.07) is 0. The maximum absolute atomic E-state index is 12.6. The number of rotatable bonds is 5. The van der Waals surface area contributed by atoms with Crippen molar-refractivity contribution >= 4 is 21.6 Å². The summed E-state index contributed by atoms with van der Waals surface area (Å²) in [5.41, 5.74) is 0. The highest BCUT2D eigenvalue weighted by atomic mass is 35.5. The molecule has 1 aliphatic rings. The summed E-state index contributed by atoms with van der Waals surface area (Å²) in [7, 11) is -3.40. The molecule has 1 aromatic rings. The third-order valence-corrected chi connectivity index (χ3v) is 5.86. The maximum atomic E-state index is 12.6. The SMILES string of the molecule is CC1CCCN(S(=O)(=O)c2cnn(CCCCl)c2)CC1. The lowest BCUT2D eigenvalue weighted by Gasteiger charge is -2.18. The summed E-state index contributed by atoms with van der Waals surface area (Å²) in [4.78, 5) is 0.293. The van der Waals surface area contributed by atoms with Crippen molar-refractivity contribution in [1.29, 1.82) is 0 Å². The second-order valence-electron chi connectivity index (χ2n) is 5.42. The smallest absolute Gasteiger partial charge is 0.246 e. The first kappa shape index (κ1) is 15.8. The van der Waals surface area contributed by atoms with E-state index in [0.717, 1.165) is 25.7 Å². The highest BCUT2D eigenvalue weighted by molar-refractivity contribution is 7.89. The predicted octanol–water partition coefficient (Wildman–Crippen LogP) is 2.32. The largest absolute Gasteiger partial charge is 0.271 e. The monoisotopic (exact) mass is 319 g/mol. The second-order valence-corrected chi connectivity index (χ2v) is 7.74. The number of hydrogen-bond donors (Lipinski definition) is 0. The zero-order valence-electron chi connectivity index (χ0n) is 11.8. The minimum atomic E-state index is -3.40. The van der Waals surface area contributed by atoms with E-state index in [9.17, 15) is 8.42 Å². The Morgan fingerprint density at radius 2 is 2.20 bits per heavy atom. The van der Waals surface area contributed by atoms with Gasteiger partial charge in [-0.15, -0.1) is 11.6 Å². The molecule has 1 saturated heterocycles. The number of hydrogen-bond acceptors (Lipinski definition) is 3. The molecule has 0 radical (unpaired) electrons. The molecule has 2 heterocycles. The van der Waals surface area contributed by atoms with Crippen molar-refractivity contribution in [2.45, 2.75) is 44.0 Å². The standard InChI is InChI=1S/C13H22ClN3O2S/c1-12-4-2-8-17(9-5-12)20(18,19)13-10-15-16(11-13)7-3-6-14/h10-12H,2-9H2,1H3. The highest BCUT2D eigenvalue weighted by Crippen LogP contribution is 2.22. The first-order chi connectivity index (χ1) is 9.54. The molecule has 0 amide bonds. The first-order valence-corrected chi connectivity index (χ1v) is 9.10. The van der Waals surface area contributed by atoms with Gasteiger partial charge >= 0.3 is 0 Å². The normalized spacial score (nSPS) is 21.8. The van der Waals surface area contributed by atoms with Crippen LogP contribution in [0.2, 0.25) is 0 Å². The Bertz CT molecular complexity index is 529. The number of aromatic nitrogens is 2. The Balaban J connectivity index is 2.10. The number of alkyl halides is 1. The van der Waals surface area contributed by atoms with Gasteiger partial charge in [0.1, 0.15) is 4.90 Å². The topological polar surface area (TPSA) is 55.2 Å². The van der Waals surface area contributed by atoms with Gasteiger partial charge in [-0.2, -0.15) is 9.40 Å². The molecule has 0 bridgehead atoms. The van der Waals surface area contributed by atoms with Crippen LogP contribution in [0.1, 0.15) is 32.6 Å². The molecule has 0 aliphatic carbocycles. The summed E-state index contributed by atoms with van der Waals surface area (Å²) in [6.07, 6.45) is 6.79. The number of halogens is 1. The minimum Gasteiger partial charge on any atom is -0.271 e. The zero-order valence-corrected chi connectivity index (χ0v) is 13.4. The molecule has 0 aromatic carbocycles. The fraction of sp³-hybridized carbons (Fsp3) is 0.769. The number of nitrogens with zero attached hydrogens (tertiary/aromatic N) is 3. The molecule has 114 valence electrons. The van der Waals surface area contributed by atoms with Gasteiger partial charge in [0, 0.05) is 31.7 Å². The fourth-order valence-electron chi connectivity index (χ4n) is 2.45. The molecule has 1 unspecified atom stereocenters. The average Bonchev–Trinajstić information content (AvgIpc) is 2.79. The molecule has 0 spiro atoms. The van der Waals surface area contributed by atoms with Crippen LogP contribution in [-0.2, 0) is 16.6 Å². The van der Waals surface area contributed by atoms with Gasteiger partial charge < -0.3 is 0 Å². The van der Waals surface area contributed by atoms with E-state index >= 15 is 0 Å². The molecule has 7 heteroatoms. The lowest BCUT2D eigenvalue weighted by Crippen LogP contribution is -2.31. The minimum absolute atomic E-state index is 0.293. The van der Waals surface area contributed by atoms with Gasteiger partial charge in [-0.1, -0.05) is 6.92 Å². The summed E-state index contributed by atoms with van der Waals surface area (Å²) in [5, 5.41) is 4.11. The van der Waals surface area contributed by atoms with Crippen molar-refractivity contribution in [2.24, 2.45) is 5.92 Å². The van der Waals surface area contributed by atoms with E-state index in [2.05, 4.69) is 12.0 Å². The van der Waals surface area contributed by atoms with Gasteiger partial charge in [0.15, 0.2) is 0 Å². The molecule has 1 fully saturated rings. The maximum Gasteiger partial charge on any atom is 0.246 e. The van der Waals surface area contributed by atoms with Gasteiger partial charge in [0.2, 0.25) is 10.0 Å². The number of sulfonamides is 1. The quantitative estimate of drug-likeness (QED) is 0.783. The van der Waals surface area contributed by atoms with Crippen LogP contribution in [0.25, 0.3) is 0 Å². The van der Waals surface area contributed by atoms with Gasteiger partial charge in [-0.3, -0.25) is 4.68 Å². The summed E-state index contributed by atoms with van der Waals surface area (Å²) < 4.78 is 28.4. The third-order valence-electron chi connectivity index (χ3n) is 3.74. The molecule has 0 saturated carbocycles. The van der Waals surface area contributed by atoms with Crippen molar-refractivity contribution < 1.29 is 8.42 Å². The highest BCUT2D eigenvalue weighted by Gasteiger charge is 2.27. The van der Waals surface area contributed by atoms with Crippen LogP contribution in [0.15, 0.2) is 17.3 Å². The van der Waals surface area contributed by atoms with Gasteiger partial charge in [-0.05, 0) is 31.6 Å². The van der Waals surface area contributed by atoms with Gasteiger partial charge in [-0.25, -0.2) is 8.42 Å². The van der Waals surface area contributed by atoms with Crippen molar-refractivity contribution in [2.75, 3.05) is 19.0 Å². The van der Waals surface area contributed by atoms with Crippen LogP contribution in [0.4, 0.5) is 0 Å². The van der Waals surface area contributed by atoms with E-state index in [0.29, 0.717) is 36.3 Å². The zero-order chi connectivity index (χ0) is 14.6. The Kier molecular flexibility index (Phi) is 5.46. The molecular formula is C13H22ClN3O2S. The average molecular weight is 320 g/mol. The van der Waals surface area contributed by atoms with Crippen LogP contribution in [0.5, 0.6) is 0 Å².